The standard InChI is InChI=1S/C15H21Cl2N3O/c1-10(11-4-5-12(16)13(17)6-11)20-14(18-3)19-7-15(2)8-21-9-15/h4-6,10H,7-9H2,1-3H3,(H2,18,19,20). The van der Waals surface area contributed by atoms with Gasteiger partial charge in [0.15, 0.2) is 5.96 Å². The number of guanidine groups is 1. The van der Waals surface area contributed by atoms with E-state index in [1.807, 2.05) is 12.1 Å². The summed E-state index contributed by atoms with van der Waals surface area (Å²) < 4.78 is 5.25. The number of hydrogen-bond donors (Lipinski definition) is 2. The fraction of sp³-hybridized carbons (Fsp3) is 0.533. The molecule has 1 aliphatic rings. The normalized spacial score (nSPS) is 18.8. The third-order valence-electron chi connectivity index (χ3n) is 3.60. The summed E-state index contributed by atoms with van der Waals surface area (Å²) in [6, 6.07) is 5.72. The zero-order chi connectivity index (χ0) is 15.5. The summed E-state index contributed by atoms with van der Waals surface area (Å²) in [7, 11) is 1.76. The molecule has 6 heteroatoms. The van der Waals surface area contributed by atoms with E-state index < -0.39 is 0 Å². The summed E-state index contributed by atoms with van der Waals surface area (Å²) in [5, 5.41) is 7.81. The predicted molar refractivity (Wildman–Crippen MR) is 88.3 cm³/mol. The molecule has 1 aromatic carbocycles. The van der Waals surface area contributed by atoms with Gasteiger partial charge in [-0.05, 0) is 24.6 Å². The maximum absolute atomic E-state index is 6.06. The van der Waals surface area contributed by atoms with Crippen LogP contribution >= 0.6 is 23.2 Å². The SMILES string of the molecule is CN=C(NCC1(C)COC1)NC(C)c1ccc(Cl)c(Cl)c1. The van der Waals surface area contributed by atoms with Gasteiger partial charge in [-0.15, -0.1) is 0 Å². The van der Waals surface area contributed by atoms with Crippen molar-refractivity contribution in [2.75, 3.05) is 26.8 Å². The number of hydrogen-bond acceptors (Lipinski definition) is 2. The number of rotatable bonds is 4. The summed E-state index contributed by atoms with van der Waals surface area (Å²) in [6.07, 6.45) is 0. The van der Waals surface area contributed by atoms with E-state index in [4.69, 9.17) is 27.9 Å². The minimum atomic E-state index is 0.0800. The van der Waals surface area contributed by atoms with Crippen molar-refractivity contribution < 1.29 is 4.74 Å². The minimum absolute atomic E-state index is 0.0800. The first-order valence-corrected chi connectivity index (χ1v) is 7.69. The van der Waals surface area contributed by atoms with Gasteiger partial charge in [-0.1, -0.05) is 36.2 Å². The molecule has 0 amide bonds. The zero-order valence-corrected chi connectivity index (χ0v) is 14.1. The molecule has 1 unspecified atom stereocenters. The molecule has 0 aromatic heterocycles. The van der Waals surface area contributed by atoms with Crippen LogP contribution in [0.5, 0.6) is 0 Å². The molecule has 1 aromatic rings. The van der Waals surface area contributed by atoms with Crippen molar-refractivity contribution in [3.63, 3.8) is 0 Å². The van der Waals surface area contributed by atoms with E-state index in [0.29, 0.717) is 10.0 Å². The second-order valence-corrected chi connectivity index (χ2v) is 6.58. The van der Waals surface area contributed by atoms with Crippen LogP contribution in [-0.4, -0.2) is 32.8 Å². The van der Waals surface area contributed by atoms with Crippen LogP contribution in [-0.2, 0) is 4.74 Å². The molecular formula is C15H21Cl2N3O. The maximum Gasteiger partial charge on any atom is 0.191 e. The van der Waals surface area contributed by atoms with Crippen molar-refractivity contribution in [3.8, 4) is 0 Å². The van der Waals surface area contributed by atoms with Crippen LogP contribution < -0.4 is 10.6 Å². The van der Waals surface area contributed by atoms with Crippen LogP contribution in [0.1, 0.15) is 25.5 Å². The quantitative estimate of drug-likeness (QED) is 0.658. The van der Waals surface area contributed by atoms with Crippen LogP contribution in [0.15, 0.2) is 23.2 Å². The number of benzene rings is 1. The second-order valence-electron chi connectivity index (χ2n) is 5.77. The lowest BCUT2D eigenvalue weighted by Gasteiger charge is -2.38. The van der Waals surface area contributed by atoms with Gasteiger partial charge < -0.3 is 15.4 Å². The first kappa shape index (κ1) is 16.4. The highest BCUT2D eigenvalue weighted by atomic mass is 35.5. The Kier molecular flexibility index (Phi) is 5.36. The number of nitrogens with one attached hydrogen (secondary N) is 2. The van der Waals surface area contributed by atoms with Crippen molar-refractivity contribution in [2.45, 2.75) is 19.9 Å². The molecule has 0 spiro atoms. The van der Waals surface area contributed by atoms with Gasteiger partial charge in [-0.25, -0.2) is 0 Å². The van der Waals surface area contributed by atoms with E-state index in [9.17, 15) is 0 Å². The second kappa shape index (κ2) is 6.86. The molecule has 0 saturated carbocycles. The van der Waals surface area contributed by atoms with E-state index in [-0.39, 0.29) is 11.5 Å². The van der Waals surface area contributed by atoms with Gasteiger partial charge in [0, 0.05) is 19.0 Å². The third-order valence-corrected chi connectivity index (χ3v) is 4.34. The van der Waals surface area contributed by atoms with Crippen molar-refractivity contribution in [1.82, 2.24) is 10.6 Å². The van der Waals surface area contributed by atoms with E-state index >= 15 is 0 Å². The molecule has 116 valence electrons. The summed E-state index contributed by atoms with van der Waals surface area (Å²) in [5.74, 6) is 0.765. The fourth-order valence-corrected chi connectivity index (χ4v) is 2.42. The molecule has 4 nitrogen and oxygen atoms in total. The van der Waals surface area contributed by atoms with E-state index in [2.05, 4.69) is 29.5 Å². The van der Waals surface area contributed by atoms with Gasteiger partial charge in [-0.3, -0.25) is 4.99 Å². The molecule has 2 rings (SSSR count). The van der Waals surface area contributed by atoms with Gasteiger partial charge in [-0.2, -0.15) is 0 Å². The Morgan fingerprint density at radius 1 is 1.38 bits per heavy atom. The lowest BCUT2D eigenvalue weighted by atomic mass is 9.89. The number of nitrogens with zero attached hydrogens (tertiary/aromatic N) is 1. The smallest absolute Gasteiger partial charge is 0.191 e. The Morgan fingerprint density at radius 3 is 2.62 bits per heavy atom. The molecular weight excluding hydrogens is 309 g/mol. The fourth-order valence-electron chi connectivity index (χ4n) is 2.11. The van der Waals surface area contributed by atoms with Crippen molar-refractivity contribution in [2.24, 2.45) is 10.4 Å². The summed E-state index contributed by atoms with van der Waals surface area (Å²) in [5.41, 5.74) is 1.26. The van der Waals surface area contributed by atoms with Crippen LogP contribution in [0, 0.1) is 5.41 Å². The van der Waals surface area contributed by atoms with E-state index in [0.717, 1.165) is 31.3 Å². The highest BCUT2D eigenvalue weighted by Gasteiger charge is 2.33. The molecule has 0 radical (unpaired) electrons. The van der Waals surface area contributed by atoms with Gasteiger partial charge in [0.2, 0.25) is 0 Å². The van der Waals surface area contributed by atoms with Crippen LogP contribution in [0.25, 0.3) is 0 Å². The Hall–Kier alpha value is -0.970. The van der Waals surface area contributed by atoms with E-state index in [1.54, 1.807) is 13.1 Å². The Balaban J connectivity index is 1.92. The highest BCUT2D eigenvalue weighted by Crippen LogP contribution is 2.26. The average molecular weight is 330 g/mol. The first-order chi connectivity index (χ1) is 9.93. The number of halogens is 2. The number of aliphatic imine (C=N–C) groups is 1. The van der Waals surface area contributed by atoms with Gasteiger partial charge >= 0.3 is 0 Å². The van der Waals surface area contributed by atoms with Crippen molar-refractivity contribution in [1.29, 1.82) is 0 Å². The van der Waals surface area contributed by atoms with Gasteiger partial charge in [0.05, 0.1) is 29.3 Å². The minimum Gasteiger partial charge on any atom is -0.380 e. The topological polar surface area (TPSA) is 45.7 Å². The largest absolute Gasteiger partial charge is 0.380 e. The monoisotopic (exact) mass is 329 g/mol. The lowest BCUT2D eigenvalue weighted by molar-refractivity contribution is -0.0971. The average Bonchev–Trinajstić information content (AvgIpc) is 2.44. The van der Waals surface area contributed by atoms with Gasteiger partial charge in [0.1, 0.15) is 0 Å². The van der Waals surface area contributed by atoms with Crippen molar-refractivity contribution >= 4 is 29.2 Å². The zero-order valence-electron chi connectivity index (χ0n) is 12.5. The summed E-state index contributed by atoms with van der Waals surface area (Å²) in [6.45, 7) is 6.67. The maximum atomic E-state index is 6.06. The van der Waals surface area contributed by atoms with E-state index in [1.165, 1.54) is 0 Å². The molecule has 1 heterocycles. The third kappa shape index (κ3) is 4.25. The summed E-state index contributed by atoms with van der Waals surface area (Å²) in [4.78, 5) is 4.25. The van der Waals surface area contributed by atoms with Crippen LogP contribution in [0.2, 0.25) is 10.0 Å². The Morgan fingerprint density at radius 2 is 2.10 bits per heavy atom. The molecule has 2 N–H and O–H groups in total. The molecule has 1 saturated heterocycles. The molecule has 1 aliphatic heterocycles. The Labute approximate surface area is 135 Å². The lowest BCUT2D eigenvalue weighted by Crippen LogP contribution is -2.51. The molecule has 0 aliphatic carbocycles. The molecule has 1 fully saturated rings. The molecule has 21 heavy (non-hydrogen) atoms. The predicted octanol–water partition coefficient (Wildman–Crippen LogP) is 3.26. The number of ether oxygens (including phenoxy) is 1. The van der Waals surface area contributed by atoms with Crippen LogP contribution in [0.4, 0.5) is 0 Å². The van der Waals surface area contributed by atoms with Crippen LogP contribution in [0.3, 0.4) is 0 Å². The highest BCUT2D eigenvalue weighted by molar-refractivity contribution is 6.42. The Bertz CT molecular complexity index is 530. The molecule has 1 atom stereocenters. The van der Waals surface area contributed by atoms with Gasteiger partial charge in [0.25, 0.3) is 0 Å². The van der Waals surface area contributed by atoms with Crippen molar-refractivity contribution in [3.05, 3.63) is 33.8 Å². The summed E-state index contributed by atoms with van der Waals surface area (Å²) >= 11 is 12.0. The molecule has 0 bridgehead atoms. The first-order valence-electron chi connectivity index (χ1n) is 6.93.